The lowest BCUT2D eigenvalue weighted by molar-refractivity contribution is -0.137. The fourth-order valence-electron chi connectivity index (χ4n) is 5.33. The number of ether oxygens (including phenoxy) is 1. The number of amides is 1. The van der Waals surface area contributed by atoms with Crippen molar-refractivity contribution in [3.8, 4) is 0 Å². The topological polar surface area (TPSA) is 32.8 Å². The average Bonchev–Trinajstić information content (AvgIpc) is 2.95. The van der Waals surface area contributed by atoms with Gasteiger partial charge in [-0.1, -0.05) is 38.1 Å². The molecule has 3 heterocycles. The molecule has 4 heteroatoms. The molecule has 0 saturated carbocycles. The van der Waals surface area contributed by atoms with Gasteiger partial charge in [-0.05, 0) is 55.7 Å². The molecule has 27 heavy (non-hydrogen) atoms. The molecule has 1 spiro atoms. The predicted octanol–water partition coefficient (Wildman–Crippen LogP) is 3.49. The van der Waals surface area contributed by atoms with E-state index in [1.54, 1.807) is 0 Å². The van der Waals surface area contributed by atoms with Crippen molar-refractivity contribution < 1.29 is 9.53 Å². The van der Waals surface area contributed by atoms with Crippen molar-refractivity contribution in [3.05, 3.63) is 35.4 Å². The molecule has 1 unspecified atom stereocenters. The lowest BCUT2D eigenvalue weighted by Crippen LogP contribution is -2.55. The Morgan fingerprint density at radius 2 is 1.96 bits per heavy atom. The molecular weight excluding hydrogens is 336 g/mol. The molecule has 2 fully saturated rings. The fourth-order valence-corrected chi connectivity index (χ4v) is 5.33. The SMILES string of the molecule is CC(C)C(=O)N1Cc2ccccc2CC2(CCCN2CC2CCOCC2)C1. The van der Waals surface area contributed by atoms with E-state index in [4.69, 9.17) is 4.74 Å². The van der Waals surface area contributed by atoms with Crippen LogP contribution in [0.1, 0.15) is 50.7 Å². The molecule has 4 nitrogen and oxygen atoms in total. The third-order valence-corrected chi connectivity index (χ3v) is 6.85. The first-order valence-electron chi connectivity index (χ1n) is 10.8. The Labute approximate surface area is 163 Å². The van der Waals surface area contributed by atoms with Crippen LogP contribution in [-0.2, 0) is 22.5 Å². The maximum absolute atomic E-state index is 13.0. The van der Waals surface area contributed by atoms with Crippen molar-refractivity contribution in [1.82, 2.24) is 9.80 Å². The second kappa shape index (κ2) is 7.92. The Balaban J connectivity index is 1.63. The molecule has 3 aliphatic rings. The van der Waals surface area contributed by atoms with Crippen molar-refractivity contribution in [2.24, 2.45) is 11.8 Å². The van der Waals surface area contributed by atoms with Crippen LogP contribution >= 0.6 is 0 Å². The lowest BCUT2D eigenvalue weighted by atomic mass is 9.86. The molecule has 1 aromatic rings. The van der Waals surface area contributed by atoms with Crippen LogP contribution in [-0.4, -0.2) is 54.1 Å². The minimum Gasteiger partial charge on any atom is -0.381 e. The molecule has 1 atom stereocenters. The van der Waals surface area contributed by atoms with E-state index in [2.05, 4.69) is 34.1 Å². The Kier molecular flexibility index (Phi) is 5.56. The van der Waals surface area contributed by atoms with Gasteiger partial charge in [0.2, 0.25) is 5.91 Å². The van der Waals surface area contributed by atoms with E-state index in [1.807, 2.05) is 13.8 Å². The van der Waals surface area contributed by atoms with Crippen LogP contribution < -0.4 is 0 Å². The van der Waals surface area contributed by atoms with Crippen LogP contribution in [0.15, 0.2) is 24.3 Å². The molecule has 0 aliphatic carbocycles. The second-order valence-electron chi connectivity index (χ2n) is 9.12. The zero-order valence-corrected chi connectivity index (χ0v) is 17.0. The Hall–Kier alpha value is -1.39. The van der Waals surface area contributed by atoms with E-state index in [1.165, 1.54) is 43.4 Å². The first kappa shape index (κ1) is 18.9. The van der Waals surface area contributed by atoms with Gasteiger partial charge in [0.15, 0.2) is 0 Å². The van der Waals surface area contributed by atoms with Crippen LogP contribution in [0.4, 0.5) is 0 Å². The van der Waals surface area contributed by atoms with E-state index >= 15 is 0 Å². The maximum Gasteiger partial charge on any atom is 0.225 e. The third kappa shape index (κ3) is 3.93. The molecule has 1 amide bonds. The number of hydrogen-bond acceptors (Lipinski definition) is 3. The van der Waals surface area contributed by atoms with Crippen molar-refractivity contribution in [3.63, 3.8) is 0 Å². The summed E-state index contributed by atoms with van der Waals surface area (Å²) in [7, 11) is 0. The summed E-state index contributed by atoms with van der Waals surface area (Å²) in [6, 6.07) is 8.77. The molecular formula is C23H34N2O2. The van der Waals surface area contributed by atoms with Crippen LogP contribution in [0.25, 0.3) is 0 Å². The number of benzene rings is 1. The van der Waals surface area contributed by atoms with Gasteiger partial charge in [0.25, 0.3) is 0 Å². The summed E-state index contributed by atoms with van der Waals surface area (Å²) >= 11 is 0. The first-order chi connectivity index (χ1) is 13.1. The van der Waals surface area contributed by atoms with E-state index < -0.39 is 0 Å². The molecule has 1 aromatic carbocycles. The lowest BCUT2D eigenvalue weighted by Gasteiger charge is -2.43. The minimum absolute atomic E-state index is 0.0534. The van der Waals surface area contributed by atoms with Crippen LogP contribution in [0.5, 0.6) is 0 Å². The standard InChI is InChI=1S/C23H34N2O2/c1-18(2)22(26)24-16-21-7-4-3-6-20(21)14-23(17-24)10-5-11-25(23)15-19-8-12-27-13-9-19/h3-4,6-7,18-19H,5,8-17H2,1-2H3. The summed E-state index contributed by atoms with van der Waals surface area (Å²) in [6.07, 6.45) is 5.88. The van der Waals surface area contributed by atoms with Gasteiger partial charge in [-0.2, -0.15) is 0 Å². The minimum atomic E-state index is 0.0534. The largest absolute Gasteiger partial charge is 0.381 e. The molecule has 4 rings (SSSR count). The van der Waals surface area contributed by atoms with Crippen LogP contribution in [0, 0.1) is 11.8 Å². The second-order valence-corrected chi connectivity index (χ2v) is 9.12. The number of carbonyl (C=O) groups is 1. The monoisotopic (exact) mass is 370 g/mol. The average molecular weight is 371 g/mol. The molecule has 0 N–H and O–H groups in total. The van der Waals surface area contributed by atoms with Crippen LogP contribution in [0.2, 0.25) is 0 Å². The first-order valence-corrected chi connectivity index (χ1v) is 10.8. The molecule has 2 saturated heterocycles. The van der Waals surface area contributed by atoms with Gasteiger partial charge in [0, 0.05) is 44.3 Å². The van der Waals surface area contributed by atoms with Gasteiger partial charge in [-0.3, -0.25) is 9.69 Å². The normalized spacial score (nSPS) is 27.1. The highest BCUT2D eigenvalue weighted by Crippen LogP contribution is 2.38. The third-order valence-electron chi connectivity index (χ3n) is 6.85. The fraction of sp³-hybridized carbons (Fsp3) is 0.696. The van der Waals surface area contributed by atoms with Crippen molar-refractivity contribution in [1.29, 1.82) is 0 Å². The maximum atomic E-state index is 13.0. The predicted molar refractivity (Wildman–Crippen MR) is 107 cm³/mol. The van der Waals surface area contributed by atoms with Gasteiger partial charge >= 0.3 is 0 Å². The number of likely N-dealkylation sites (tertiary alicyclic amines) is 1. The van der Waals surface area contributed by atoms with Crippen molar-refractivity contribution in [2.45, 2.75) is 58.0 Å². The summed E-state index contributed by atoms with van der Waals surface area (Å²) in [5.74, 6) is 1.09. The Bertz CT molecular complexity index is 668. The highest BCUT2D eigenvalue weighted by molar-refractivity contribution is 5.78. The van der Waals surface area contributed by atoms with Crippen LogP contribution in [0.3, 0.4) is 0 Å². The quantitative estimate of drug-likeness (QED) is 0.816. The molecule has 148 valence electrons. The van der Waals surface area contributed by atoms with Crippen molar-refractivity contribution >= 4 is 5.91 Å². The van der Waals surface area contributed by atoms with E-state index in [0.717, 1.165) is 45.2 Å². The summed E-state index contributed by atoms with van der Waals surface area (Å²) in [5, 5.41) is 0. The highest BCUT2D eigenvalue weighted by atomic mass is 16.5. The number of hydrogen-bond donors (Lipinski definition) is 0. The number of carbonyl (C=O) groups excluding carboxylic acids is 1. The zero-order chi connectivity index (χ0) is 18.9. The van der Waals surface area contributed by atoms with E-state index in [-0.39, 0.29) is 11.5 Å². The van der Waals surface area contributed by atoms with Gasteiger partial charge in [-0.25, -0.2) is 0 Å². The molecule has 0 radical (unpaired) electrons. The Morgan fingerprint density at radius 3 is 2.70 bits per heavy atom. The zero-order valence-electron chi connectivity index (χ0n) is 17.0. The van der Waals surface area contributed by atoms with Gasteiger partial charge in [0.05, 0.1) is 0 Å². The Morgan fingerprint density at radius 1 is 1.22 bits per heavy atom. The molecule has 0 aromatic heterocycles. The summed E-state index contributed by atoms with van der Waals surface area (Å²) in [4.78, 5) is 17.9. The van der Waals surface area contributed by atoms with Gasteiger partial charge in [0.1, 0.15) is 0 Å². The summed E-state index contributed by atoms with van der Waals surface area (Å²) < 4.78 is 5.57. The van der Waals surface area contributed by atoms with E-state index in [9.17, 15) is 4.79 Å². The van der Waals surface area contributed by atoms with E-state index in [0.29, 0.717) is 5.91 Å². The van der Waals surface area contributed by atoms with Gasteiger partial charge < -0.3 is 9.64 Å². The number of nitrogens with zero attached hydrogens (tertiary/aromatic N) is 2. The number of fused-ring (bicyclic) bond motifs is 1. The summed E-state index contributed by atoms with van der Waals surface area (Å²) in [6.45, 7) is 9.85. The molecule has 3 aliphatic heterocycles. The van der Waals surface area contributed by atoms with Crippen molar-refractivity contribution in [2.75, 3.05) is 32.8 Å². The summed E-state index contributed by atoms with van der Waals surface area (Å²) in [5.41, 5.74) is 2.88. The number of rotatable bonds is 3. The van der Waals surface area contributed by atoms with Gasteiger partial charge in [-0.15, -0.1) is 0 Å². The highest BCUT2D eigenvalue weighted by Gasteiger charge is 2.45. The molecule has 0 bridgehead atoms. The smallest absolute Gasteiger partial charge is 0.225 e.